The Morgan fingerprint density at radius 3 is 2.64 bits per heavy atom. The maximum Gasteiger partial charge on any atom is 0.135 e. The lowest BCUT2D eigenvalue weighted by Gasteiger charge is -2.11. The molecule has 0 atom stereocenters. The minimum atomic E-state index is 0. The van der Waals surface area contributed by atoms with Crippen LogP contribution in [-0.2, 0) is 0 Å². The molecule has 1 aliphatic heterocycles. The average molecular weight is 348 g/mol. The number of hydrogen-bond donors (Lipinski definition) is 1. The van der Waals surface area contributed by atoms with Crippen LogP contribution >= 0.6 is 12.4 Å². The molecule has 0 radical (unpaired) electrons. The van der Waals surface area contributed by atoms with Gasteiger partial charge >= 0.3 is 0 Å². The predicted molar refractivity (Wildman–Crippen MR) is 101 cm³/mol. The smallest absolute Gasteiger partial charge is 0.135 e. The van der Waals surface area contributed by atoms with Gasteiger partial charge in [0, 0.05) is 34.5 Å². The summed E-state index contributed by atoms with van der Waals surface area (Å²) in [5.74, 6) is 0. The van der Waals surface area contributed by atoms with E-state index >= 15 is 0 Å². The van der Waals surface area contributed by atoms with E-state index in [1.165, 1.54) is 0 Å². The molecule has 0 bridgehead atoms. The Morgan fingerprint density at radius 2 is 1.76 bits per heavy atom. The van der Waals surface area contributed by atoms with Crippen LogP contribution in [0.1, 0.15) is 11.3 Å². The SMILES string of the molecule is Cl.ON=C1c2cccc(-c3cnc4ccccc4c3)c2-n2cccc21. The Balaban J connectivity index is 0.00000157. The van der Waals surface area contributed by atoms with Crippen molar-refractivity contribution in [3.63, 3.8) is 0 Å². The molecule has 122 valence electrons. The number of oxime groups is 1. The molecule has 0 aliphatic carbocycles. The zero-order valence-corrected chi connectivity index (χ0v) is 13.9. The van der Waals surface area contributed by atoms with Gasteiger partial charge in [0.1, 0.15) is 5.71 Å². The van der Waals surface area contributed by atoms with Gasteiger partial charge in [0.05, 0.1) is 16.9 Å². The first kappa shape index (κ1) is 15.4. The molecule has 0 spiro atoms. The minimum absolute atomic E-state index is 0. The molecule has 4 nitrogen and oxygen atoms in total. The predicted octanol–water partition coefficient (Wildman–Crippen LogP) is 4.65. The molecule has 25 heavy (non-hydrogen) atoms. The summed E-state index contributed by atoms with van der Waals surface area (Å²) < 4.78 is 2.06. The van der Waals surface area contributed by atoms with Crippen molar-refractivity contribution in [3.05, 3.63) is 84.3 Å². The van der Waals surface area contributed by atoms with Crippen LogP contribution < -0.4 is 0 Å². The molecule has 1 aliphatic rings. The van der Waals surface area contributed by atoms with E-state index in [1.54, 1.807) is 0 Å². The lowest BCUT2D eigenvalue weighted by molar-refractivity contribution is 0.319. The zero-order valence-electron chi connectivity index (χ0n) is 13.1. The van der Waals surface area contributed by atoms with Gasteiger partial charge in [0.2, 0.25) is 0 Å². The van der Waals surface area contributed by atoms with Gasteiger partial charge in [-0.15, -0.1) is 12.4 Å². The second-order valence-electron chi connectivity index (χ2n) is 5.83. The van der Waals surface area contributed by atoms with Crippen LogP contribution in [0.25, 0.3) is 27.7 Å². The van der Waals surface area contributed by atoms with Crippen molar-refractivity contribution in [2.24, 2.45) is 5.16 Å². The number of aromatic nitrogens is 2. The van der Waals surface area contributed by atoms with E-state index in [9.17, 15) is 5.21 Å². The van der Waals surface area contributed by atoms with Crippen molar-refractivity contribution in [1.82, 2.24) is 9.55 Å². The molecular formula is C20H14ClN3O. The number of hydrogen-bond acceptors (Lipinski definition) is 3. The summed E-state index contributed by atoms with van der Waals surface area (Å²) in [6.07, 6.45) is 3.89. The second-order valence-corrected chi connectivity index (χ2v) is 5.83. The number of rotatable bonds is 1. The van der Waals surface area contributed by atoms with Crippen molar-refractivity contribution < 1.29 is 5.21 Å². The fourth-order valence-electron chi connectivity index (χ4n) is 3.46. The van der Waals surface area contributed by atoms with E-state index in [0.717, 1.165) is 39.0 Å². The standard InChI is InChI=1S/C20H13N3O.ClH/c24-22-19-16-7-3-6-15(20(16)23-10-4-9-18(19)23)14-11-13-5-1-2-8-17(13)21-12-14;/h1-12,24H;1H. The number of benzene rings is 2. The van der Waals surface area contributed by atoms with E-state index in [2.05, 4.69) is 32.9 Å². The van der Waals surface area contributed by atoms with E-state index in [-0.39, 0.29) is 12.4 Å². The third-order valence-corrected chi connectivity index (χ3v) is 4.52. The fraction of sp³-hybridized carbons (Fsp3) is 0. The van der Waals surface area contributed by atoms with Gasteiger partial charge in [-0.3, -0.25) is 4.98 Å². The quantitative estimate of drug-likeness (QED) is 0.354. The minimum Gasteiger partial charge on any atom is -0.410 e. The monoisotopic (exact) mass is 347 g/mol. The molecular weight excluding hydrogens is 334 g/mol. The van der Waals surface area contributed by atoms with Crippen LogP contribution in [0.3, 0.4) is 0 Å². The van der Waals surface area contributed by atoms with Gasteiger partial charge in [-0.1, -0.05) is 41.6 Å². The zero-order chi connectivity index (χ0) is 16.1. The molecule has 1 N–H and O–H groups in total. The second kappa shape index (κ2) is 5.76. The lowest BCUT2D eigenvalue weighted by Crippen LogP contribution is -1.97. The number of nitrogens with zero attached hydrogens (tertiary/aromatic N) is 3. The molecule has 2 aromatic heterocycles. The summed E-state index contributed by atoms with van der Waals surface area (Å²) in [5, 5.41) is 14.1. The van der Waals surface area contributed by atoms with Crippen LogP contribution in [0.2, 0.25) is 0 Å². The van der Waals surface area contributed by atoms with Crippen molar-refractivity contribution in [3.8, 4) is 16.8 Å². The van der Waals surface area contributed by atoms with Gasteiger partial charge in [0.15, 0.2) is 0 Å². The summed E-state index contributed by atoms with van der Waals surface area (Å²) in [4.78, 5) is 4.58. The van der Waals surface area contributed by atoms with Gasteiger partial charge < -0.3 is 9.77 Å². The summed E-state index contributed by atoms with van der Waals surface area (Å²) in [7, 11) is 0. The first-order chi connectivity index (χ1) is 11.9. The highest BCUT2D eigenvalue weighted by Gasteiger charge is 2.27. The largest absolute Gasteiger partial charge is 0.410 e. The summed E-state index contributed by atoms with van der Waals surface area (Å²) in [5.41, 5.74) is 6.56. The molecule has 0 saturated heterocycles. The van der Waals surface area contributed by atoms with Crippen LogP contribution in [0.4, 0.5) is 0 Å². The molecule has 0 unspecified atom stereocenters. The Morgan fingerprint density at radius 1 is 0.920 bits per heavy atom. The van der Waals surface area contributed by atoms with E-state index in [4.69, 9.17) is 0 Å². The Labute approximate surface area is 150 Å². The maximum absolute atomic E-state index is 9.44. The third kappa shape index (κ3) is 2.15. The highest BCUT2D eigenvalue weighted by Crippen LogP contribution is 2.37. The Bertz CT molecular complexity index is 1130. The van der Waals surface area contributed by atoms with Gasteiger partial charge in [0.25, 0.3) is 0 Å². The number of pyridine rings is 1. The van der Waals surface area contributed by atoms with E-state index < -0.39 is 0 Å². The van der Waals surface area contributed by atoms with Gasteiger partial charge in [-0.25, -0.2) is 0 Å². The topological polar surface area (TPSA) is 50.4 Å². The summed E-state index contributed by atoms with van der Waals surface area (Å²) in [6, 6.07) is 20.2. The highest BCUT2D eigenvalue weighted by molar-refractivity contribution is 6.18. The lowest BCUT2D eigenvalue weighted by atomic mass is 9.99. The fourth-order valence-corrected chi connectivity index (χ4v) is 3.46. The van der Waals surface area contributed by atoms with Crippen molar-refractivity contribution in [1.29, 1.82) is 0 Å². The van der Waals surface area contributed by atoms with Crippen molar-refractivity contribution in [2.75, 3.05) is 0 Å². The molecule has 2 aromatic carbocycles. The third-order valence-electron chi connectivity index (χ3n) is 4.52. The van der Waals surface area contributed by atoms with E-state index in [0.29, 0.717) is 5.71 Å². The van der Waals surface area contributed by atoms with Crippen molar-refractivity contribution in [2.45, 2.75) is 0 Å². The van der Waals surface area contributed by atoms with E-state index in [1.807, 2.05) is 54.9 Å². The number of fused-ring (bicyclic) bond motifs is 4. The molecule has 0 fully saturated rings. The molecule has 5 heteroatoms. The van der Waals surface area contributed by atoms with Gasteiger partial charge in [-0.2, -0.15) is 0 Å². The summed E-state index contributed by atoms with van der Waals surface area (Å²) >= 11 is 0. The Hall–Kier alpha value is -3.11. The first-order valence-corrected chi connectivity index (χ1v) is 7.75. The molecule has 0 saturated carbocycles. The number of para-hydroxylation sites is 2. The molecule has 3 heterocycles. The van der Waals surface area contributed by atoms with Crippen LogP contribution in [-0.4, -0.2) is 20.5 Å². The maximum atomic E-state index is 9.44. The molecule has 4 aromatic rings. The Kier molecular flexibility index (Phi) is 3.55. The highest BCUT2D eigenvalue weighted by atomic mass is 35.5. The van der Waals surface area contributed by atoms with Gasteiger partial charge in [-0.05, 0) is 24.3 Å². The van der Waals surface area contributed by atoms with Crippen LogP contribution in [0.5, 0.6) is 0 Å². The summed E-state index contributed by atoms with van der Waals surface area (Å²) in [6.45, 7) is 0. The first-order valence-electron chi connectivity index (χ1n) is 7.75. The molecule has 0 amide bonds. The normalized spacial score (nSPS) is 13.5. The van der Waals surface area contributed by atoms with Crippen LogP contribution in [0.15, 0.2) is 78.2 Å². The van der Waals surface area contributed by atoms with Crippen LogP contribution in [0, 0.1) is 0 Å². The molecule has 5 rings (SSSR count). The average Bonchev–Trinajstić information content (AvgIpc) is 3.21. The van der Waals surface area contributed by atoms with Crippen molar-refractivity contribution >= 4 is 29.0 Å². The number of halogens is 1.